The minimum absolute atomic E-state index is 0.0147. The number of unbranched alkanes of at least 4 members (excludes halogenated alkanes) is 2. The maximum absolute atomic E-state index is 13.5. The zero-order valence-electron chi connectivity index (χ0n) is 28.1. The van der Waals surface area contributed by atoms with E-state index in [1.807, 2.05) is 40.9 Å². The standard InChI is InChI=1S/C36H44N6O6/c1-23(43)39-27-16-14-24-21-30(46-2)35(47-3)36(48-4)34(24)25-15-17-28(29(44)22-26(25)27)37-19-10-13-33(45)38-18-8-5-6-11-31-40-41-32-12-7-9-20-42(31)32/h7,9,12,15,17,20-22,27H,5-6,8,10-11,13-14,16,18-19H2,1-4H3,(H,37,44)(H,38,45)(H,39,43)/t27-/m0/s1. The molecule has 48 heavy (non-hydrogen) atoms. The van der Waals surface area contributed by atoms with Crippen molar-refractivity contribution in [3.05, 3.63) is 75.8 Å². The molecule has 4 aromatic rings. The van der Waals surface area contributed by atoms with Crippen molar-refractivity contribution in [3.8, 4) is 28.4 Å². The van der Waals surface area contributed by atoms with Gasteiger partial charge in [0.1, 0.15) is 5.82 Å². The Morgan fingerprint density at radius 1 is 0.938 bits per heavy atom. The molecule has 0 radical (unpaired) electrons. The summed E-state index contributed by atoms with van der Waals surface area (Å²) in [4.78, 5) is 38.1. The number of aromatic nitrogens is 3. The van der Waals surface area contributed by atoms with Crippen molar-refractivity contribution in [3.63, 3.8) is 0 Å². The van der Waals surface area contributed by atoms with E-state index >= 15 is 0 Å². The zero-order valence-corrected chi connectivity index (χ0v) is 28.1. The first-order valence-corrected chi connectivity index (χ1v) is 16.4. The number of carbonyl (C=O) groups excluding carboxylic acids is 2. The highest BCUT2D eigenvalue weighted by Crippen LogP contribution is 2.50. The summed E-state index contributed by atoms with van der Waals surface area (Å²) >= 11 is 0. The first-order chi connectivity index (χ1) is 23.3. The largest absolute Gasteiger partial charge is 0.493 e. The molecule has 2 heterocycles. The van der Waals surface area contributed by atoms with Gasteiger partial charge in [-0.05, 0) is 79.1 Å². The van der Waals surface area contributed by atoms with Crippen LogP contribution in [0.2, 0.25) is 0 Å². The van der Waals surface area contributed by atoms with Gasteiger partial charge in [0.05, 0.1) is 33.1 Å². The van der Waals surface area contributed by atoms with Crippen LogP contribution < -0.4 is 35.6 Å². The smallest absolute Gasteiger partial charge is 0.220 e. The average molecular weight is 657 g/mol. The predicted molar refractivity (Wildman–Crippen MR) is 184 cm³/mol. The van der Waals surface area contributed by atoms with E-state index in [9.17, 15) is 14.4 Å². The van der Waals surface area contributed by atoms with Gasteiger partial charge in [-0.25, -0.2) is 0 Å². The SMILES string of the molecule is COc1cc2c(c(OC)c1OC)-c1ccc(NCCCC(=O)NCCCCCc3nnc4ccccn34)c(=O)cc1[C@@H](NC(C)=O)CC2. The number of rotatable bonds is 15. The number of carbonyl (C=O) groups is 2. The van der Waals surface area contributed by atoms with Gasteiger partial charge in [0.2, 0.25) is 23.0 Å². The maximum atomic E-state index is 13.5. The first kappa shape index (κ1) is 34.2. The number of ether oxygens (including phenoxy) is 3. The summed E-state index contributed by atoms with van der Waals surface area (Å²) in [6.45, 7) is 2.54. The topological polar surface area (TPSA) is 145 Å². The number of nitrogens with one attached hydrogen (secondary N) is 3. The molecule has 2 amide bonds. The molecule has 1 aliphatic rings. The second-order valence-electron chi connectivity index (χ2n) is 11.8. The number of fused-ring (bicyclic) bond motifs is 4. The van der Waals surface area contributed by atoms with Crippen molar-refractivity contribution in [2.75, 3.05) is 39.7 Å². The second kappa shape index (κ2) is 16.1. The Morgan fingerprint density at radius 2 is 1.77 bits per heavy atom. The number of aryl methyl sites for hydroxylation is 2. The second-order valence-corrected chi connectivity index (χ2v) is 11.8. The van der Waals surface area contributed by atoms with Crippen LogP contribution in [0.15, 0.2) is 53.5 Å². The minimum atomic E-state index is -0.383. The van der Waals surface area contributed by atoms with Crippen LogP contribution in [0.3, 0.4) is 0 Å². The fraction of sp³-hybridized carbons (Fsp3) is 0.417. The quantitative estimate of drug-likeness (QED) is 0.156. The van der Waals surface area contributed by atoms with Crippen LogP contribution in [0.5, 0.6) is 17.2 Å². The lowest BCUT2D eigenvalue weighted by Gasteiger charge is -2.19. The lowest BCUT2D eigenvalue weighted by Crippen LogP contribution is -2.26. The highest BCUT2D eigenvalue weighted by atomic mass is 16.5. The lowest BCUT2D eigenvalue weighted by atomic mass is 9.95. The van der Waals surface area contributed by atoms with E-state index in [1.165, 1.54) is 6.92 Å². The molecule has 1 aliphatic carbocycles. The summed E-state index contributed by atoms with van der Waals surface area (Å²) in [6, 6.07) is 12.6. The molecule has 12 nitrogen and oxygen atoms in total. The van der Waals surface area contributed by atoms with E-state index in [1.54, 1.807) is 33.5 Å². The fourth-order valence-electron chi connectivity index (χ4n) is 6.29. The number of amides is 2. The number of hydrogen-bond donors (Lipinski definition) is 3. The third kappa shape index (κ3) is 7.87. The van der Waals surface area contributed by atoms with Crippen LogP contribution in [-0.2, 0) is 22.4 Å². The lowest BCUT2D eigenvalue weighted by molar-refractivity contribution is -0.121. The van der Waals surface area contributed by atoms with E-state index in [4.69, 9.17) is 14.2 Å². The Morgan fingerprint density at radius 3 is 2.54 bits per heavy atom. The highest BCUT2D eigenvalue weighted by Gasteiger charge is 2.29. The van der Waals surface area contributed by atoms with Gasteiger partial charge in [-0.1, -0.05) is 18.6 Å². The van der Waals surface area contributed by atoms with Crippen molar-refractivity contribution in [1.82, 2.24) is 25.2 Å². The highest BCUT2D eigenvalue weighted by molar-refractivity contribution is 5.84. The first-order valence-electron chi connectivity index (χ1n) is 16.4. The van der Waals surface area contributed by atoms with Crippen molar-refractivity contribution < 1.29 is 23.8 Å². The average Bonchev–Trinajstić information content (AvgIpc) is 3.35. The summed E-state index contributed by atoms with van der Waals surface area (Å²) in [5, 5.41) is 17.7. The van der Waals surface area contributed by atoms with Crippen LogP contribution in [0, 0.1) is 0 Å². The third-order valence-electron chi connectivity index (χ3n) is 8.60. The molecule has 254 valence electrons. The molecular weight excluding hydrogens is 612 g/mol. The minimum Gasteiger partial charge on any atom is -0.493 e. The van der Waals surface area contributed by atoms with Gasteiger partial charge in [-0.2, -0.15) is 0 Å². The van der Waals surface area contributed by atoms with Crippen LogP contribution in [0.1, 0.15) is 68.4 Å². The van der Waals surface area contributed by atoms with Crippen molar-refractivity contribution in [2.24, 2.45) is 0 Å². The van der Waals surface area contributed by atoms with Crippen molar-refractivity contribution in [2.45, 2.75) is 64.3 Å². The molecule has 0 saturated carbocycles. The predicted octanol–water partition coefficient (Wildman–Crippen LogP) is 4.63. The number of hydrogen-bond acceptors (Lipinski definition) is 9. The molecule has 12 heteroatoms. The molecule has 5 rings (SSSR count). The molecule has 2 aromatic heterocycles. The number of nitrogens with zero attached hydrogens (tertiary/aromatic N) is 3. The monoisotopic (exact) mass is 656 g/mol. The Labute approximate surface area is 280 Å². The van der Waals surface area contributed by atoms with E-state index in [2.05, 4.69) is 26.1 Å². The molecule has 2 aromatic carbocycles. The summed E-state index contributed by atoms with van der Waals surface area (Å²) in [7, 11) is 4.70. The van der Waals surface area contributed by atoms with Gasteiger partial charge in [0.25, 0.3) is 0 Å². The number of methoxy groups -OCH3 is 3. The van der Waals surface area contributed by atoms with Crippen molar-refractivity contribution >= 4 is 23.1 Å². The van der Waals surface area contributed by atoms with Crippen LogP contribution in [-0.4, -0.2) is 60.8 Å². The molecule has 1 atom stereocenters. The fourth-order valence-corrected chi connectivity index (χ4v) is 6.29. The van der Waals surface area contributed by atoms with E-state index < -0.39 is 0 Å². The summed E-state index contributed by atoms with van der Waals surface area (Å²) < 4.78 is 19.1. The summed E-state index contributed by atoms with van der Waals surface area (Å²) in [5.41, 5.74) is 4.26. The van der Waals surface area contributed by atoms with E-state index in [0.29, 0.717) is 67.3 Å². The molecule has 0 spiro atoms. The molecule has 0 fully saturated rings. The third-order valence-corrected chi connectivity index (χ3v) is 8.60. The van der Waals surface area contributed by atoms with Gasteiger partial charge in [-0.15, -0.1) is 10.2 Å². The Balaban J connectivity index is 1.18. The normalized spacial score (nSPS) is 13.5. The molecule has 0 aliphatic heterocycles. The van der Waals surface area contributed by atoms with Gasteiger partial charge < -0.3 is 30.2 Å². The zero-order chi connectivity index (χ0) is 34.0. The number of anilines is 1. The van der Waals surface area contributed by atoms with Gasteiger partial charge >= 0.3 is 0 Å². The van der Waals surface area contributed by atoms with Gasteiger partial charge in [0, 0.05) is 44.6 Å². The Kier molecular flexibility index (Phi) is 11.5. The molecule has 0 saturated heterocycles. The van der Waals surface area contributed by atoms with Crippen LogP contribution in [0.25, 0.3) is 16.8 Å². The van der Waals surface area contributed by atoms with E-state index in [-0.39, 0.29) is 23.3 Å². The molecule has 0 unspecified atom stereocenters. The van der Waals surface area contributed by atoms with Gasteiger partial charge in [0.15, 0.2) is 17.1 Å². The number of pyridine rings is 1. The van der Waals surface area contributed by atoms with Gasteiger partial charge in [-0.3, -0.25) is 18.8 Å². The Bertz CT molecular complexity index is 1820. The van der Waals surface area contributed by atoms with Crippen LogP contribution >= 0.6 is 0 Å². The molecule has 3 N–H and O–H groups in total. The summed E-state index contributed by atoms with van der Waals surface area (Å²) in [6.07, 6.45) is 7.75. The summed E-state index contributed by atoms with van der Waals surface area (Å²) in [5.74, 6) is 2.24. The molecule has 0 bridgehead atoms. The maximum Gasteiger partial charge on any atom is 0.220 e. The number of benzene rings is 1. The van der Waals surface area contributed by atoms with Crippen molar-refractivity contribution in [1.29, 1.82) is 0 Å². The van der Waals surface area contributed by atoms with E-state index in [0.717, 1.165) is 53.8 Å². The van der Waals surface area contributed by atoms with Crippen LogP contribution in [0.4, 0.5) is 5.69 Å². The Hall–Kier alpha value is -5.13. The molecular formula is C36H44N6O6.